The first-order chi connectivity index (χ1) is 5.33. The second-order valence-electron chi connectivity index (χ2n) is 2.02. The molecule has 0 aromatic rings. The highest BCUT2D eigenvalue weighted by Gasteiger charge is 2.32. The van der Waals surface area contributed by atoms with Crippen molar-refractivity contribution in [2.75, 3.05) is 19.6 Å². The first kappa shape index (κ1) is 12.3. The number of hydrogen-bond donors (Lipinski definition) is 2. The predicted octanol–water partition coefficient (Wildman–Crippen LogP) is 0.998. The minimum Gasteiger partial charge on any atom is -0.324 e. The molecule has 0 spiro atoms. The van der Waals surface area contributed by atoms with Crippen molar-refractivity contribution in [1.29, 1.82) is 0 Å². The van der Waals surface area contributed by atoms with Crippen LogP contribution in [-0.4, -0.2) is 29.4 Å². The Balaban J connectivity index is 4.35. The Labute approximate surface area is 70.6 Å². The zero-order valence-corrected chi connectivity index (χ0v) is 8.62. The smallest absolute Gasteiger partial charge is 0.324 e. The average molecular weight is 218 g/mol. The lowest BCUT2D eigenvalue weighted by Crippen LogP contribution is -1.98. The third kappa shape index (κ3) is 5.04. The zero-order chi connectivity index (χ0) is 9.83. The summed E-state index contributed by atoms with van der Waals surface area (Å²) in [7, 11) is -6.84. The van der Waals surface area contributed by atoms with Crippen molar-refractivity contribution in [2.24, 2.45) is 0 Å². The van der Waals surface area contributed by atoms with Crippen LogP contribution >= 0.6 is 15.2 Å². The standard InChI is InChI=1S/C4H12O6P2/c1-3-10-12(8,9-2)4-11(5,6)7/h3-4H2,1-2H3,(H2,5,6,7). The van der Waals surface area contributed by atoms with E-state index in [9.17, 15) is 9.13 Å². The van der Waals surface area contributed by atoms with Gasteiger partial charge in [0, 0.05) is 7.11 Å². The molecule has 1 unspecified atom stereocenters. The molecular weight excluding hydrogens is 206 g/mol. The molecule has 74 valence electrons. The first-order valence-electron chi connectivity index (χ1n) is 3.17. The number of hydrogen-bond acceptors (Lipinski definition) is 4. The molecule has 0 radical (unpaired) electrons. The summed E-state index contributed by atoms with van der Waals surface area (Å²) >= 11 is 0. The molecule has 6 nitrogen and oxygen atoms in total. The van der Waals surface area contributed by atoms with Gasteiger partial charge in [-0.05, 0) is 6.92 Å². The quantitative estimate of drug-likeness (QED) is 0.668. The summed E-state index contributed by atoms with van der Waals surface area (Å²) in [6, 6.07) is 0. The summed E-state index contributed by atoms with van der Waals surface area (Å²) in [5, 5.41) is 0. The van der Waals surface area contributed by atoms with Crippen LogP contribution in [0.15, 0.2) is 0 Å². The van der Waals surface area contributed by atoms with Gasteiger partial charge in [-0.15, -0.1) is 0 Å². The van der Waals surface area contributed by atoms with E-state index in [0.29, 0.717) is 0 Å². The molecule has 0 aromatic heterocycles. The van der Waals surface area contributed by atoms with E-state index in [2.05, 4.69) is 9.05 Å². The van der Waals surface area contributed by atoms with Crippen molar-refractivity contribution in [1.82, 2.24) is 0 Å². The van der Waals surface area contributed by atoms with Gasteiger partial charge in [0.1, 0.15) is 0 Å². The second-order valence-corrected chi connectivity index (χ2v) is 6.32. The van der Waals surface area contributed by atoms with E-state index in [-0.39, 0.29) is 6.61 Å². The summed E-state index contributed by atoms with van der Waals surface area (Å²) in [4.78, 5) is 17.0. The van der Waals surface area contributed by atoms with E-state index < -0.39 is 21.1 Å². The van der Waals surface area contributed by atoms with Gasteiger partial charge in [0.15, 0.2) is 5.90 Å². The van der Waals surface area contributed by atoms with E-state index in [1.807, 2.05) is 0 Å². The molecule has 0 aliphatic heterocycles. The van der Waals surface area contributed by atoms with Gasteiger partial charge < -0.3 is 18.8 Å². The van der Waals surface area contributed by atoms with Crippen LogP contribution in [0.3, 0.4) is 0 Å². The predicted molar refractivity (Wildman–Crippen MR) is 43.2 cm³/mol. The van der Waals surface area contributed by atoms with Crippen molar-refractivity contribution in [3.8, 4) is 0 Å². The van der Waals surface area contributed by atoms with Gasteiger partial charge in [-0.1, -0.05) is 0 Å². The zero-order valence-electron chi connectivity index (χ0n) is 6.84. The summed E-state index contributed by atoms with van der Waals surface area (Å²) in [6.07, 6.45) is 0. The Kier molecular flexibility index (Phi) is 4.62. The molecule has 2 N–H and O–H groups in total. The van der Waals surface area contributed by atoms with Gasteiger partial charge >= 0.3 is 15.2 Å². The van der Waals surface area contributed by atoms with Crippen LogP contribution in [0.4, 0.5) is 0 Å². The molecule has 1 atom stereocenters. The Morgan fingerprint density at radius 1 is 1.33 bits per heavy atom. The van der Waals surface area contributed by atoms with Gasteiger partial charge in [-0.2, -0.15) is 0 Å². The van der Waals surface area contributed by atoms with E-state index in [1.54, 1.807) is 6.92 Å². The van der Waals surface area contributed by atoms with Crippen molar-refractivity contribution in [2.45, 2.75) is 6.92 Å². The molecule has 0 saturated carbocycles. The summed E-state index contributed by atoms with van der Waals surface area (Å²) < 4.78 is 30.7. The van der Waals surface area contributed by atoms with Crippen molar-refractivity contribution >= 4 is 15.2 Å². The van der Waals surface area contributed by atoms with Crippen LogP contribution in [0.25, 0.3) is 0 Å². The minimum absolute atomic E-state index is 0.0884. The molecule has 0 bridgehead atoms. The van der Waals surface area contributed by atoms with Crippen LogP contribution in [0.5, 0.6) is 0 Å². The molecule has 8 heteroatoms. The highest BCUT2D eigenvalue weighted by molar-refractivity contribution is 7.70. The van der Waals surface area contributed by atoms with Gasteiger partial charge in [-0.25, -0.2) is 0 Å². The lowest BCUT2D eigenvalue weighted by molar-refractivity contribution is 0.245. The molecule has 12 heavy (non-hydrogen) atoms. The average Bonchev–Trinajstić information content (AvgIpc) is 1.84. The molecule has 0 fully saturated rings. The minimum atomic E-state index is -4.35. The van der Waals surface area contributed by atoms with Crippen molar-refractivity contribution in [3.05, 3.63) is 0 Å². The molecule has 0 amide bonds. The highest BCUT2D eigenvalue weighted by atomic mass is 31.2. The summed E-state index contributed by atoms with van der Waals surface area (Å²) in [5.41, 5.74) is 0. The molecule has 0 heterocycles. The van der Waals surface area contributed by atoms with E-state index >= 15 is 0 Å². The maximum atomic E-state index is 11.3. The summed E-state index contributed by atoms with van der Waals surface area (Å²) in [6.45, 7) is 1.65. The molecule has 0 aliphatic carbocycles. The fraction of sp³-hybridized carbons (Fsp3) is 1.00. The molecule has 0 aromatic carbocycles. The van der Waals surface area contributed by atoms with E-state index in [0.717, 1.165) is 7.11 Å². The fourth-order valence-corrected chi connectivity index (χ4v) is 3.67. The van der Waals surface area contributed by atoms with Gasteiger partial charge in [0.05, 0.1) is 6.61 Å². The van der Waals surface area contributed by atoms with Crippen molar-refractivity contribution < 1.29 is 28.0 Å². The lowest BCUT2D eigenvalue weighted by Gasteiger charge is -2.15. The van der Waals surface area contributed by atoms with E-state index in [4.69, 9.17) is 9.79 Å². The molecule has 0 saturated heterocycles. The first-order valence-corrected chi connectivity index (χ1v) is 6.69. The molecular formula is C4H12O6P2. The lowest BCUT2D eigenvalue weighted by atomic mass is 10.9. The van der Waals surface area contributed by atoms with Gasteiger partial charge in [0.2, 0.25) is 0 Å². The monoisotopic (exact) mass is 218 g/mol. The van der Waals surface area contributed by atoms with Crippen LogP contribution in [0, 0.1) is 0 Å². The highest BCUT2D eigenvalue weighted by Crippen LogP contribution is 2.58. The Bertz CT molecular complexity index is 220. The normalized spacial score (nSPS) is 17.3. The SMILES string of the molecule is CCOP(=O)(CP(=O)(O)O)OC. The van der Waals surface area contributed by atoms with Gasteiger partial charge in [-0.3, -0.25) is 9.13 Å². The fourth-order valence-electron chi connectivity index (χ4n) is 0.574. The largest absolute Gasteiger partial charge is 0.342 e. The van der Waals surface area contributed by atoms with Gasteiger partial charge in [0.25, 0.3) is 0 Å². The summed E-state index contributed by atoms with van der Waals surface area (Å²) in [5.74, 6) is -0.871. The van der Waals surface area contributed by atoms with Crippen molar-refractivity contribution in [3.63, 3.8) is 0 Å². The third-order valence-electron chi connectivity index (χ3n) is 0.961. The third-order valence-corrected chi connectivity index (χ3v) is 5.03. The van der Waals surface area contributed by atoms with Crippen LogP contribution < -0.4 is 0 Å². The Hall–Kier alpha value is 0.300. The van der Waals surface area contributed by atoms with Crippen LogP contribution in [0.1, 0.15) is 6.92 Å². The maximum absolute atomic E-state index is 11.3. The topological polar surface area (TPSA) is 93.1 Å². The maximum Gasteiger partial charge on any atom is 0.342 e. The van der Waals surface area contributed by atoms with Crippen LogP contribution in [0.2, 0.25) is 0 Å². The van der Waals surface area contributed by atoms with E-state index in [1.165, 1.54) is 0 Å². The second kappa shape index (κ2) is 4.51. The molecule has 0 rings (SSSR count). The number of rotatable bonds is 5. The molecule has 0 aliphatic rings. The Morgan fingerprint density at radius 3 is 2.08 bits per heavy atom. The Morgan fingerprint density at radius 2 is 1.83 bits per heavy atom. The van der Waals surface area contributed by atoms with Crippen LogP contribution in [-0.2, 0) is 18.2 Å².